The zero-order valence-corrected chi connectivity index (χ0v) is 13.9. The number of aromatic nitrogens is 1. The minimum atomic E-state index is -0.0834. The zero-order chi connectivity index (χ0) is 17.1. The van der Waals surface area contributed by atoms with Crippen LogP contribution in [0, 0.1) is 25.2 Å². The molecular weight excluding hydrogens is 304 g/mol. The number of carbonyl (C=O) groups excluding carboxylic acids is 1. The van der Waals surface area contributed by atoms with Crippen LogP contribution in [-0.2, 0) is 0 Å². The molecule has 0 aromatic carbocycles. The van der Waals surface area contributed by atoms with Gasteiger partial charge in [0.15, 0.2) is 0 Å². The lowest BCUT2D eigenvalue weighted by atomic mass is 10.0. The van der Waals surface area contributed by atoms with E-state index >= 15 is 0 Å². The Morgan fingerprint density at radius 2 is 2.08 bits per heavy atom. The van der Waals surface area contributed by atoms with E-state index in [-0.39, 0.29) is 11.9 Å². The number of hydrogen-bond acceptors (Lipinski definition) is 5. The second-order valence-corrected chi connectivity index (χ2v) is 6.07. The van der Waals surface area contributed by atoms with Gasteiger partial charge < -0.3 is 14.6 Å². The number of furan rings is 1. The molecule has 0 atom stereocenters. The SMILES string of the molecule is Cc1ccc(N2CCC(NC(=O)c3ccoc3C)CC2)nc1C#N. The number of pyridine rings is 1. The molecule has 1 aliphatic heterocycles. The first-order chi connectivity index (χ1) is 11.6. The average Bonchev–Trinajstić information content (AvgIpc) is 3.02. The fraction of sp³-hybridized carbons (Fsp3) is 0.389. The minimum Gasteiger partial charge on any atom is -0.469 e. The van der Waals surface area contributed by atoms with E-state index in [9.17, 15) is 4.79 Å². The van der Waals surface area contributed by atoms with E-state index in [1.807, 2.05) is 19.1 Å². The Morgan fingerprint density at radius 3 is 2.71 bits per heavy atom. The lowest BCUT2D eigenvalue weighted by Crippen LogP contribution is -2.45. The van der Waals surface area contributed by atoms with E-state index < -0.39 is 0 Å². The molecule has 0 radical (unpaired) electrons. The van der Waals surface area contributed by atoms with Crippen molar-refractivity contribution in [1.82, 2.24) is 10.3 Å². The standard InChI is InChI=1S/C18H20N4O2/c1-12-3-4-17(21-16(12)11-19)22-8-5-14(6-9-22)20-18(23)15-7-10-24-13(15)2/h3-4,7,10,14H,5-6,8-9H2,1-2H3,(H,20,23). The first-order valence-corrected chi connectivity index (χ1v) is 8.06. The van der Waals surface area contributed by atoms with Gasteiger partial charge in [-0.1, -0.05) is 6.07 Å². The molecule has 24 heavy (non-hydrogen) atoms. The molecule has 2 aromatic heterocycles. The fourth-order valence-corrected chi connectivity index (χ4v) is 2.94. The third-order valence-corrected chi connectivity index (χ3v) is 4.45. The number of rotatable bonds is 3. The van der Waals surface area contributed by atoms with Gasteiger partial charge >= 0.3 is 0 Å². The van der Waals surface area contributed by atoms with Gasteiger partial charge in [0.1, 0.15) is 23.3 Å². The summed E-state index contributed by atoms with van der Waals surface area (Å²) in [5, 5.41) is 12.2. The summed E-state index contributed by atoms with van der Waals surface area (Å²) in [6, 6.07) is 7.84. The molecule has 0 aliphatic carbocycles. The molecule has 6 nitrogen and oxygen atoms in total. The number of nitrogens with zero attached hydrogens (tertiary/aromatic N) is 3. The second-order valence-electron chi connectivity index (χ2n) is 6.07. The topological polar surface area (TPSA) is 82.2 Å². The predicted molar refractivity (Wildman–Crippen MR) is 89.8 cm³/mol. The van der Waals surface area contributed by atoms with Crippen molar-refractivity contribution < 1.29 is 9.21 Å². The summed E-state index contributed by atoms with van der Waals surface area (Å²) in [6.45, 7) is 5.27. The summed E-state index contributed by atoms with van der Waals surface area (Å²) in [5.74, 6) is 1.38. The van der Waals surface area contributed by atoms with Crippen LogP contribution in [0.2, 0.25) is 0 Å². The van der Waals surface area contributed by atoms with Crippen LogP contribution in [0.4, 0.5) is 5.82 Å². The summed E-state index contributed by atoms with van der Waals surface area (Å²) in [4.78, 5) is 18.8. The van der Waals surface area contributed by atoms with Crippen molar-refractivity contribution in [2.24, 2.45) is 0 Å². The number of nitriles is 1. The molecule has 124 valence electrons. The van der Waals surface area contributed by atoms with E-state index in [0.29, 0.717) is 17.0 Å². The third kappa shape index (κ3) is 3.25. The molecule has 0 bridgehead atoms. The van der Waals surface area contributed by atoms with Crippen molar-refractivity contribution in [2.75, 3.05) is 18.0 Å². The van der Waals surface area contributed by atoms with E-state index in [1.165, 1.54) is 6.26 Å². The van der Waals surface area contributed by atoms with Crippen LogP contribution in [0.1, 0.15) is 40.2 Å². The van der Waals surface area contributed by atoms with Gasteiger partial charge in [-0.15, -0.1) is 0 Å². The van der Waals surface area contributed by atoms with Crippen LogP contribution in [0.25, 0.3) is 0 Å². The molecular formula is C18H20N4O2. The maximum Gasteiger partial charge on any atom is 0.255 e. The van der Waals surface area contributed by atoms with E-state index in [4.69, 9.17) is 9.68 Å². The Bertz CT molecular complexity index is 783. The third-order valence-electron chi connectivity index (χ3n) is 4.45. The molecule has 1 amide bonds. The molecule has 0 spiro atoms. The van der Waals surface area contributed by atoms with Gasteiger partial charge in [0.05, 0.1) is 11.8 Å². The summed E-state index contributed by atoms with van der Waals surface area (Å²) < 4.78 is 5.18. The van der Waals surface area contributed by atoms with Crippen molar-refractivity contribution in [3.05, 3.63) is 47.0 Å². The van der Waals surface area contributed by atoms with Gasteiger partial charge in [-0.3, -0.25) is 4.79 Å². The quantitative estimate of drug-likeness (QED) is 0.938. The molecule has 0 saturated carbocycles. The number of hydrogen-bond donors (Lipinski definition) is 1. The molecule has 3 rings (SSSR count). The van der Waals surface area contributed by atoms with Gasteiger partial charge in [0.2, 0.25) is 0 Å². The molecule has 6 heteroatoms. The predicted octanol–water partition coefficient (Wildman–Crippen LogP) is 2.56. The molecule has 2 aromatic rings. The first-order valence-electron chi connectivity index (χ1n) is 8.06. The average molecular weight is 324 g/mol. The molecule has 0 unspecified atom stereocenters. The number of amides is 1. The van der Waals surface area contributed by atoms with Crippen molar-refractivity contribution in [1.29, 1.82) is 5.26 Å². The molecule has 1 fully saturated rings. The summed E-state index contributed by atoms with van der Waals surface area (Å²) >= 11 is 0. The maximum atomic E-state index is 12.2. The summed E-state index contributed by atoms with van der Waals surface area (Å²) in [5.41, 5.74) is 1.95. The number of aryl methyl sites for hydroxylation is 2. The van der Waals surface area contributed by atoms with Crippen molar-refractivity contribution in [3.63, 3.8) is 0 Å². The van der Waals surface area contributed by atoms with Crippen LogP contribution in [0.3, 0.4) is 0 Å². The van der Waals surface area contributed by atoms with Crippen LogP contribution in [0.5, 0.6) is 0 Å². The number of nitrogens with one attached hydrogen (secondary N) is 1. The largest absolute Gasteiger partial charge is 0.469 e. The lowest BCUT2D eigenvalue weighted by molar-refractivity contribution is 0.0929. The van der Waals surface area contributed by atoms with Crippen molar-refractivity contribution in [2.45, 2.75) is 32.7 Å². The zero-order valence-electron chi connectivity index (χ0n) is 13.9. The minimum absolute atomic E-state index is 0.0834. The highest BCUT2D eigenvalue weighted by Gasteiger charge is 2.23. The smallest absolute Gasteiger partial charge is 0.255 e. The van der Waals surface area contributed by atoms with Crippen molar-refractivity contribution >= 4 is 11.7 Å². The number of piperidine rings is 1. The van der Waals surface area contributed by atoms with Gasteiger partial charge in [-0.2, -0.15) is 5.26 Å². The van der Waals surface area contributed by atoms with Gasteiger partial charge in [-0.05, 0) is 44.4 Å². The Hall–Kier alpha value is -2.81. The Labute approximate surface area is 141 Å². The highest BCUT2D eigenvalue weighted by atomic mass is 16.3. The molecule has 1 aliphatic rings. The van der Waals surface area contributed by atoms with Crippen LogP contribution in [-0.4, -0.2) is 30.0 Å². The number of anilines is 1. The normalized spacial score (nSPS) is 15.1. The van der Waals surface area contributed by atoms with Crippen LogP contribution >= 0.6 is 0 Å². The van der Waals surface area contributed by atoms with E-state index in [0.717, 1.165) is 37.3 Å². The highest BCUT2D eigenvalue weighted by Crippen LogP contribution is 2.20. The molecule has 3 heterocycles. The Morgan fingerprint density at radius 1 is 1.33 bits per heavy atom. The number of carbonyl (C=O) groups is 1. The van der Waals surface area contributed by atoms with E-state index in [2.05, 4.69) is 21.3 Å². The Balaban J connectivity index is 1.59. The Kier molecular flexibility index (Phi) is 4.52. The van der Waals surface area contributed by atoms with E-state index in [1.54, 1.807) is 13.0 Å². The lowest BCUT2D eigenvalue weighted by Gasteiger charge is -2.33. The molecule has 1 saturated heterocycles. The van der Waals surface area contributed by atoms with Crippen molar-refractivity contribution in [3.8, 4) is 6.07 Å². The van der Waals surface area contributed by atoms with Crippen LogP contribution < -0.4 is 10.2 Å². The highest BCUT2D eigenvalue weighted by molar-refractivity contribution is 5.95. The van der Waals surface area contributed by atoms with Gasteiger partial charge in [0, 0.05) is 19.1 Å². The summed E-state index contributed by atoms with van der Waals surface area (Å²) in [6.07, 6.45) is 3.23. The van der Waals surface area contributed by atoms with Gasteiger partial charge in [-0.25, -0.2) is 4.98 Å². The maximum absolute atomic E-state index is 12.2. The van der Waals surface area contributed by atoms with Gasteiger partial charge in [0.25, 0.3) is 5.91 Å². The summed E-state index contributed by atoms with van der Waals surface area (Å²) in [7, 11) is 0. The monoisotopic (exact) mass is 324 g/mol. The first kappa shape index (κ1) is 16.1. The fourth-order valence-electron chi connectivity index (χ4n) is 2.94. The second kappa shape index (κ2) is 6.75. The van der Waals surface area contributed by atoms with Crippen LogP contribution in [0.15, 0.2) is 28.9 Å². The molecule has 1 N–H and O–H groups in total.